The largest absolute Gasteiger partial charge is 0.469 e. The number of esters is 1. The Bertz CT molecular complexity index is 1650. The van der Waals surface area contributed by atoms with Crippen LogP contribution in [0.4, 0.5) is 4.79 Å². The van der Waals surface area contributed by atoms with Crippen LogP contribution in [0.25, 0.3) is 0 Å². The number of nitrogens with zero attached hydrogens (tertiary/aromatic N) is 1. The Morgan fingerprint density at radius 3 is 1.97 bits per heavy atom. The minimum Gasteiger partial charge on any atom is -0.469 e. The van der Waals surface area contributed by atoms with Crippen LogP contribution in [0, 0.1) is 23.2 Å². The minimum atomic E-state index is -0.888. The molecule has 0 radical (unpaired) electrons. The molecule has 3 rings (SSSR count). The van der Waals surface area contributed by atoms with Crippen molar-refractivity contribution in [2.24, 2.45) is 23.2 Å². The molecule has 1 fully saturated rings. The predicted octanol–water partition coefficient (Wildman–Crippen LogP) is 6.76. The van der Waals surface area contributed by atoms with E-state index in [2.05, 4.69) is 16.0 Å². The maximum Gasteiger partial charge on any atom is 0.407 e. The van der Waals surface area contributed by atoms with E-state index in [-0.39, 0.29) is 48.2 Å². The highest BCUT2D eigenvalue weighted by atomic mass is 16.6. The zero-order valence-corrected chi connectivity index (χ0v) is 36.2. The number of benzene rings is 2. The average molecular weight is 805 g/mol. The number of hydrogen-bond acceptors (Lipinski definition) is 8. The van der Waals surface area contributed by atoms with Crippen molar-refractivity contribution in [3.05, 3.63) is 71.8 Å². The van der Waals surface area contributed by atoms with Gasteiger partial charge in [-0.2, -0.15) is 0 Å². The summed E-state index contributed by atoms with van der Waals surface area (Å²) in [5.41, 5.74) is 0.565. The Morgan fingerprint density at radius 2 is 1.40 bits per heavy atom. The van der Waals surface area contributed by atoms with Crippen LogP contribution in [0.1, 0.15) is 117 Å². The molecule has 1 aliphatic rings. The van der Waals surface area contributed by atoms with Crippen molar-refractivity contribution >= 4 is 35.6 Å². The molecule has 4 amide bonds. The number of unbranched alkanes of at least 4 members (excludes halogenated alkanes) is 1. The van der Waals surface area contributed by atoms with E-state index in [9.17, 15) is 28.8 Å². The molecule has 12 nitrogen and oxygen atoms in total. The molecule has 1 saturated heterocycles. The van der Waals surface area contributed by atoms with Crippen molar-refractivity contribution in [3.63, 3.8) is 0 Å². The molecule has 0 aliphatic carbocycles. The van der Waals surface area contributed by atoms with Gasteiger partial charge in [-0.05, 0) is 95.6 Å². The van der Waals surface area contributed by atoms with Crippen molar-refractivity contribution in [3.8, 4) is 0 Å². The average Bonchev–Trinajstić information content (AvgIpc) is 3.18. The van der Waals surface area contributed by atoms with Gasteiger partial charge >= 0.3 is 12.1 Å². The van der Waals surface area contributed by atoms with E-state index in [4.69, 9.17) is 9.47 Å². The molecule has 12 heteroatoms. The summed E-state index contributed by atoms with van der Waals surface area (Å²) in [5, 5.41) is 8.80. The first-order valence-corrected chi connectivity index (χ1v) is 20.9. The van der Waals surface area contributed by atoms with Crippen LogP contribution in [0.2, 0.25) is 0 Å². The topological polar surface area (TPSA) is 160 Å². The third kappa shape index (κ3) is 15.2. The molecule has 0 bridgehead atoms. The van der Waals surface area contributed by atoms with Crippen LogP contribution < -0.4 is 16.0 Å². The van der Waals surface area contributed by atoms with Gasteiger partial charge in [0, 0.05) is 37.9 Å². The fourth-order valence-electron chi connectivity index (χ4n) is 7.32. The lowest BCUT2D eigenvalue weighted by atomic mass is 9.80. The normalized spacial score (nSPS) is 16.6. The zero-order chi connectivity index (χ0) is 43.0. The molecule has 0 unspecified atom stereocenters. The smallest absolute Gasteiger partial charge is 0.407 e. The van der Waals surface area contributed by atoms with E-state index in [1.54, 1.807) is 25.7 Å². The number of rotatable bonds is 20. The summed E-state index contributed by atoms with van der Waals surface area (Å²) in [5.74, 6) is -2.69. The molecule has 0 spiro atoms. The molecule has 5 atom stereocenters. The van der Waals surface area contributed by atoms with Gasteiger partial charge in [-0.25, -0.2) is 4.79 Å². The Labute approximate surface area is 345 Å². The van der Waals surface area contributed by atoms with Gasteiger partial charge < -0.3 is 30.3 Å². The summed E-state index contributed by atoms with van der Waals surface area (Å²) in [4.78, 5) is 82.7. The first-order chi connectivity index (χ1) is 27.3. The quantitative estimate of drug-likeness (QED) is 0.0979. The van der Waals surface area contributed by atoms with Gasteiger partial charge in [-0.3, -0.25) is 24.0 Å². The highest BCUT2D eigenvalue weighted by Crippen LogP contribution is 2.33. The molecule has 3 N–H and O–H groups in total. The number of Topliss-reactive ketones (excluding diaryl/α,β-unsaturated/α-hetero) is 1. The van der Waals surface area contributed by atoms with Gasteiger partial charge in [0.05, 0.1) is 18.6 Å². The molecular weight excluding hydrogens is 737 g/mol. The van der Waals surface area contributed by atoms with Gasteiger partial charge in [0.25, 0.3) is 0 Å². The lowest BCUT2D eigenvalue weighted by Gasteiger charge is -2.38. The highest BCUT2D eigenvalue weighted by molar-refractivity contribution is 5.94. The SMILES string of the molecule is COC(=O)C1(C)CCN(C(=O)[C@@H](CCCCNC(=O)OC(C)(C)C)NC(=O)[C@H](CC(=O)[C@@H](Cc2ccccc2)NC(=O)[C@H](C)[C@H](C)c2ccccc2)CC(C)C)CC1. The molecule has 2 aromatic rings. The van der Waals surface area contributed by atoms with Crippen LogP contribution in [-0.4, -0.2) is 84.9 Å². The Kier molecular flexibility index (Phi) is 18.4. The number of ketones is 1. The molecule has 2 aromatic carbocycles. The summed E-state index contributed by atoms with van der Waals surface area (Å²) >= 11 is 0. The molecule has 0 aromatic heterocycles. The van der Waals surface area contributed by atoms with E-state index in [0.29, 0.717) is 58.2 Å². The third-order valence-corrected chi connectivity index (χ3v) is 11.1. The van der Waals surface area contributed by atoms with E-state index in [1.807, 2.05) is 95.3 Å². The summed E-state index contributed by atoms with van der Waals surface area (Å²) in [6.45, 7) is 16.0. The number of carbonyl (C=O) groups excluding carboxylic acids is 6. The van der Waals surface area contributed by atoms with E-state index in [0.717, 1.165) is 11.1 Å². The maximum atomic E-state index is 14.3. The van der Waals surface area contributed by atoms with Crippen LogP contribution >= 0.6 is 0 Å². The lowest BCUT2D eigenvalue weighted by molar-refractivity contribution is -0.156. The number of amides is 4. The van der Waals surface area contributed by atoms with Crippen LogP contribution in [0.3, 0.4) is 0 Å². The summed E-state index contributed by atoms with van der Waals surface area (Å²) < 4.78 is 10.3. The summed E-state index contributed by atoms with van der Waals surface area (Å²) in [6.07, 6.45) is 2.22. The van der Waals surface area contributed by atoms with Gasteiger partial charge in [0.2, 0.25) is 17.7 Å². The third-order valence-electron chi connectivity index (χ3n) is 11.1. The molecule has 0 saturated carbocycles. The highest BCUT2D eigenvalue weighted by Gasteiger charge is 2.41. The summed E-state index contributed by atoms with van der Waals surface area (Å²) in [7, 11) is 1.36. The number of nitrogens with one attached hydrogen (secondary N) is 3. The Hall–Kier alpha value is -4.74. The number of carbonyl (C=O) groups is 6. The first kappa shape index (κ1) is 47.6. The van der Waals surface area contributed by atoms with Crippen molar-refractivity contribution in [1.82, 2.24) is 20.9 Å². The number of methoxy groups -OCH3 is 1. The maximum absolute atomic E-state index is 14.3. The standard InChI is InChI=1S/C46H68N4O8/c1-31(2)28-36(30-39(51)38(29-34-18-12-10-13-19-34)49-40(52)33(4)32(3)35-20-14-11-15-21-35)41(53)48-37(22-16-17-25-47-44(56)58-45(5,6)7)42(54)50-26-23-46(8,24-27-50)43(55)57-9/h10-15,18-21,31-33,36-38H,16-17,22-30H2,1-9H3,(H,47,56)(H,48,53)(H,49,52)/t32-,33+,36-,37+,38+/m0/s1. The number of piperidine rings is 1. The predicted molar refractivity (Wildman–Crippen MR) is 225 cm³/mol. The molecule has 1 aliphatic heterocycles. The first-order valence-electron chi connectivity index (χ1n) is 20.9. The molecule has 58 heavy (non-hydrogen) atoms. The lowest BCUT2D eigenvalue weighted by Crippen LogP contribution is -2.54. The fraction of sp³-hybridized carbons (Fsp3) is 0.609. The van der Waals surface area contributed by atoms with Gasteiger partial charge in [-0.15, -0.1) is 0 Å². The zero-order valence-electron chi connectivity index (χ0n) is 36.2. The Morgan fingerprint density at radius 1 is 0.810 bits per heavy atom. The monoisotopic (exact) mass is 805 g/mol. The number of ether oxygens (including phenoxy) is 2. The second-order valence-electron chi connectivity index (χ2n) is 17.6. The number of hydrogen-bond donors (Lipinski definition) is 3. The van der Waals surface area contributed by atoms with Gasteiger partial charge in [0.1, 0.15) is 11.6 Å². The molecule has 1 heterocycles. The van der Waals surface area contributed by atoms with E-state index in [1.165, 1.54) is 7.11 Å². The molecule has 320 valence electrons. The van der Waals surface area contributed by atoms with E-state index < -0.39 is 46.9 Å². The van der Waals surface area contributed by atoms with Crippen LogP contribution in [0.15, 0.2) is 60.7 Å². The fourth-order valence-corrected chi connectivity index (χ4v) is 7.32. The molecular formula is C46H68N4O8. The van der Waals surface area contributed by atoms with Crippen molar-refractivity contribution in [2.75, 3.05) is 26.7 Å². The minimum absolute atomic E-state index is 0.0589. The van der Waals surface area contributed by atoms with Crippen molar-refractivity contribution < 1.29 is 38.2 Å². The van der Waals surface area contributed by atoms with Gasteiger partial charge in [-0.1, -0.05) is 88.4 Å². The summed E-state index contributed by atoms with van der Waals surface area (Å²) in [6, 6.07) is 17.5. The van der Waals surface area contributed by atoms with Crippen LogP contribution in [-0.2, 0) is 39.9 Å². The van der Waals surface area contributed by atoms with Crippen molar-refractivity contribution in [2.45, 2.75) is 130 Å². The van der Waals surface area contributed by atoms with Gasteiger partial charge in [0.15, 0.2) is 5.78 Å². The van der Waals surface area contributed by atoms with Crippen molar-refractivity contribution in [1.29, 1.82) is 0 Å². The number of alkyl carbamates (subject to hydrolysis) is 1. The van der Waals surface area contributed by atoms with Crippen LogP contribution in [0.5, 0.6) is 0 Å². The van der Waals surface area contributed by atoms with E-state index >= 15 is 0 Å². The second kappa shape index (κ2) is 22.4. The second-order valence-corrected chi connectivity index (χ2v) is 17.6. The number of likely N-dealkylation sites (tertiary alicyclic amines) is 1. The Balaban J connectivity index is 1.80.